The van der Waals surface area contributed by atoms with Gasteiger partial charge in [-0.15, -0.1) is 11.3 Å². The van der Waals surface area contributed by atoms with Crippen LogP contribution in [-0.4, -0.2) is 35.4 Å². The van der Waals surface area contributed by atoms with Crippen LogP contribution in [0.2, 0.25) is 0 Å². The smallest absolute Gasteiger partial charge is 0.337 e. The van der Waals surface area contributed by atoms with Crippen LogP contribution in [0.5, 0.6) is 11.5 Å². The lowest BCUT2D eigenvalue weighted by Crippen LogP contribution is -2.26. The molecule has 0 radical (unpaired) electrons. The molecular formula is C23H28N4O4S2. The molecule has 10 heteroatoms. The molecule has 0 saturated carbocycles. The molecule has 176 valence electrons. The Kier molecular flexibility index (Phi) is 8.81. The Morgan fingerprint density at radius 1 is 1.21 bits per heavy atom. The number of nitrogens with one attached hydrogen (secondary N) is 3. The predicted octanol–water partition coefficient (Wildman–Crippen LogP) is 5.09. The topological polar surface area (TPSA) is 113 Å². The Bertz CT molecular complexity index is 1150. The number of carbonyl (C=O) groups excluding carboxylic acids is 1. The van der Waals surface area contributed by atoms with E-state index in [4.69, 9.17) is 14.3 Å². The summed E-state index contributed by atoms with van der Waals surface area (Å²) in [5, 5.41) is 6.01. The van der Waals surface area contributed by atoms with E-state index in [1.54, 1.807) is 24.4 Å². The first-order valence-corrected chi connectivity index (χ1v) is 13.0. The molecule has 0 spiro atoms. The van der Waals surface area contributed by atoms with Crippen molar-refractivity contribution >= 4 is 32.9 Å². The monoisotopic (exact) mass is 488 g/mol. The molecule has 8 nitrogen and oxygen atoms in total. The molecule has 0 bridgehead atoms. The summed E-state index contributed by atoms with van der Waals surface area (Å²) in [4.78, 5) is 16.6. The molecule has 2 aromatic carbocycles. The molecule has 0 aliphatic rings. The van der Waals surface area contributed by atoms with Crippen molar-refractivity contribution in [3.05, 3.63) is 64.6 Å². The van der Waals surface area contributed by atoms with Gasteiger partial charge in [0, 0.05) is 31.1 Å². The highest BCUT2D eigenvalue weighted by Crippen LogP contribution is 2.38. The number of rotatable bonds is 12. The number of methoxy groups -OCH3 is 1. The highest BCUT2D eigenvalue weighted by molar-refractivity contribution is 7.90. The summed E-state index contributed by atoms with van der Waals surface area (Å²) < 4.78 is 36.0. The van der Waals surface area contributed by atoms with E-state index in [-0.39, 0.29) is 22.8 Å². The van der Waals surface area contributed by atoms with E-state index in [9.17, 15) is 9.00 Å². The Morgan fingerprint density at radius 3 is 2.67 bits per heavy atom. The maximum atomic E-state index is 13.6. The molecule has 0 aliphatic carbocycles. The van der Waals surface area contributed by atoms with E-state index in [1.165, 1.54) is 24.5 Å². The Morgan fingerprint density at radius 2 is 2.00 bits per heavy atom. The fraction of sp³-hybridized carbons (Fsp3) is 0.304. The van der Waals surface area contributed by atoms with Crippen LogP contribution in [0.1, 0.15) is 35.1 Å². The maximum Gasteiger partial charge on any atom is 0.337 e. The van der Waals surface area contributed by atoms with Crippen molar-refractivity contribution < 1.29 is 18.5 Å². The molecule has 0 aliphatic heterocycles. The predicted molar refractivity (Wildman–Crippen MR) is 131 cm³/mol. The lowest BCUT2D eigenvalue weighted by Gasteiger charge is -2.20. The molecule has 3 aromatic rings. The molecule has 3 N–H and O–H groups in total. The Balaban J connectivity index is 2.02. The van der Waals surface area contributed by atoms with E-state index in [0.717, 1.165) is 17.8 Å². The van der Waals surface area contributed by atoms with Crippen LogP contribution in [0.4, 0.5) is 5.69 Å². The molecule has 33 heavy (non-hydrogen) atoms. The van der Waals surface area contributed by atoms with Crippen LogP contribution in [0, 0.1) is 4.78 Å². The minimum atomic E-state index is -3.53. The summed E-state index contributed by atoms with van der Waals surface area (Å²) >= 11 is 1.50. The number of aromatic nitrogens is 1. The zero-order valence-electron chi connectivity index (χ0n) is 18.6. The lowest BCUT2D eigenvalue weighted by molar-refractivity contribution is 0.0600. The van der Waals surface area contributed by atoms with Gasteiger partial charge in [0.1, 0.15) is 20.6 Å². The summed E-state index contributed by atoms with van der Waals surface area (Å²) in [5.41, 5.74) is 0.667. The zero-order chi connectivity index (χ0) is 23.7. The number of nitrogens with zero attached hydrogens (tertiary/aromatic N) is 1. The van der Waals surface area contributed by atoms with Crippen LogP contribution in [0.3, 0.4) is 0 Å². The maximum absolute atomic E-state index is 13.6. The summed E-state index contributed by atoms with van der Waals surface area (Å²) in [6.45, 7) is 2.98. The quantitative estimate of drug-likeness (QED) is 0.242. The van der Waals surface area contributed by atoms with Crippen molar-refractivity contribution in [3.63, 3.8) is 0 Å². The number of thiazole rings is 1. The second kappa shape index (κ2) is 11.8. The molecule has 1 aromatic heterocycles. The first-order valence-electron chi connectivity index (χ1n) is 10.6. The molecule has 0 fully saturated rings. The number of hydrogen-bond donors (Lipinski definition) is 3. The fourth-order valence-electron chi connectivity index (χ4n) is 3.05. The Hall–Kier alpha value is -2.95. The third kappa shape index (κ3) is 6.77. The van der Waals surface area contributed by atoms with Crippen LogP contribution < -0.4 is 14.8 Å². The van der Waals surface area contributed by atoms with Crippen LogP contribution in [0.25, 0.3) is 0 Å². The van der Waals surface area contributed by atoms with Gasteiger partial charge in [-0.1, -0.05) is 31.5 Å². The number of para-hydroxylation sites is 1. The average molecular weight is 489 g/mol. The third-order valence-electron chi connectivity index (χ3n) is 4.72. The van der Waals surface area contributed by atoms with Gasteiger partial charge in [-0.25, -0.2) is 23.5 Å². The summed E-state index contributed by atoms with van der Waals surface area (Å²) in [7, 11) is -2.24. The molecule has 1 heterocycles. The second-order valence-electron chi connectivity index (χ2n) is 7.16. The van der Waals surface area contributed by atoms with Gasteiger partial charge in [0.05, 0.1) is 23.4 Å². The van der Waals surface area contributed by atoms with Crippen molar-refractivity contribution in [2.24, 2.45) is 0 Å². The first-order chi connectivity index (χ1) is 15.9. The number of esters is 1. The fourth-order valence-corrected chi connectivity index (χ4v) is 4.92. The zero-order valence-corrected chi connectivity index (χ0v) is 20.3. The number of ether oxygens (including phenoxy) is 2. The van der Waals surface area contributed by atoms with Crippen molar-refractivity contribution in [2.45, 2.75) is 31.1 Å². The van der Waals surface area contributed by atoms with Gasteiger partial charge in [-0.3, -0.25) is 0 Å². The van der Waals surface area contributed by atoms with E-state index in [1.807, 2.05) is 23.6 Å². The molecule has 1 unspecified atom stereocenters. The number of benzene rings is 2. The highest BCUT2D eigenvalue weighted by Gasteiger charge is 2.24. The van der Waals surface area contributed by atoms with Crippen LogP contribution in [0.15, 0.2) is 58.9 Å². The Labute approximate surface area is 198 Å². The molecule has 1 atom stereocenters. The average Bonchev–Trinajstić information content (AvgIpc) is 3.33. The van der Waals surface area contributed by atoms with Crippen LogP contribution in [-0.2, 0) is 21.1 Å². The molecule has 0 amide bonds. The normalized spacial score (nSPS) is 12.7. The van der Waals surface area contributed by atoms with Gasteiger partial charge in [0.2, 0.25) is 0 Å². The van der Waals surface area contributed by atoms with Crippen molar-refractivity contribution in [1.82, 2.24) is 9.71 Å². The van der Waals surface area contributed by atoms with Gasteiger partial charge >= 0.3 is 5.97 Å². The minimum Gasteiger partial charge on any atom is -0.465 e. The second-order valence-corrected chi connectivity index (χ2v) is 9.98. The van der Waals surface area contributed by atoms with Gasteiger partial charge in [-0.05, 0) is 30.7 Å². The van der Waals surface area contributed by atoms with E-state index in [0.29, 0.717) is 24.4 Å². The number of unbranched alkanes of at least 4 members (excludes halogenated alkanes) is 1. The number of hydrogen-bond acceptors (Lipinski definition) is 8. The van der Waals surface area contributed by atoms with Crippen molar-refractivity contribution in [2.75, 3.05) is 25.5 Å². The van der Waals surface area contributed by atoms with Gasteiger partial charge < -0.3 is 14.8 Å². The first kappa shape index (κ1) is 24.7. The third-order valence-corrected chi connectivity index (χ3v) is 7.09. The van der Waals surface area contributed by atoms with E-state index in [2.05, 4.69) is 21.9 Å². The lowest BCUT2D eigenvalue weighted by atomic mass is 10.1. The van der Waals surface area contributed by atoms with Crippen molar-refractivity contribution in [1.29, 1.82) is 4.78 Å². The molecular weight excluding hydrogens is 460 g/mol. The molecule has 3 rings (SSSR count). The van der Waals surface area contributed by atoms with Gasteiger partial charge in [-0.2, -0.15) is 0 Å². The summed E-state index contributed by atoms with van der Waals surface area (Å²) in [5.74, 6) is 0.187. The largest absolute Gasteiger partial charge is 0.465 e. The van der Waals surface area contributed by atoms with Gasteiger partial charge in [0.25, 0.3) is 0 Å². The number of carbonyl (C=O) groups is 1. The summed E-state index contributed by atoms with van der Waals surface area (Å²) in [6, 6.07) is 12.1. The molecule has 0 saturated heterocycles. The van der Waals surface area contributed by atoms with E-state index >= 15 is 0 Å². The number of anilines is 1. The highest BCUT2D eigenvalue weighted by atomic mass is 32.2. The standard InChI is InChI=1S/C23H28N4O4S2/c1-3-4-11-25-19-15-17(23(28)30-2)16-20(22(19)31-18-8-6-5-7-9-18)33(24,29)27-12-10-21-26-13-14-32-21/h5-9,13-16,25H,3-4,10-12H2,1-2H3,(H2,24,27,29). The SMILES string of the molecule is CCCCNc1cc(C(=O)OC)cc(S(=N)(=O)NCCc2nccs2)c1Oc1ccccc1. The summed E-state index contributed by atoms with van der Waals surface area (Å²) in [6.07, 6.45) is 4.10. The van der Waals surface area contributed by atoms with Crippen LogP contribution >= 0.6 is 11.3 Å². The van der Waals surface area contributed by atoms with E-state index < -0.39 is 15.9 Å². The van der Waals surface area contributed by atoms with Gasteiger partial charge in [0.15, 0.2) is 5.75 Å². The van der Waals surface area contributed by atoms with Crippen molar-refractivity contribution in [3.8, 4) is 11.5 Å². The minimum absolute atomic E-state index is 0.0763.